The maximum absolute atomic E-state index is 13.5. The van der Waals surface area contributed by atoms with Crippen LogP contribution in [0.3, 0.4) is 0 Å². The summed E-state index contributed by atoms with van der Waals surface area (Å²) in [5.74, 6) is 0. The molecular weight excluding hydrogens is 474 g/mol. The number of pyridine rings is 3. The number of nitrogens with one attached hydrogen (secondary N) is 1. The molecule has 8 nitrogen and oxygen atoms in total. The number of aryl methyl sites for hydroxylation is 1. The molecule has 0 saturated carbocycles. The van der Waals surface area contributed by atoms with Crippen LogP contribution in [0.25, 0.3) is 16.7 Å². The Morgan fingerprint density at radius 3 is 2.56 bits per heavy atom. The Hall–Kier alpha value is -3.82. The Labute approximate surface area is 199 Å². The average molecular weight is 492 g/mol. The van der Waals surface area contributed by atoms with Crippen LogP contribution < -0.4 is 11.0 Å². The van der Waals surface area contributed by atoms with Gasteiger partial charge in [-0.15, -0.1) is 0 Å². The van der Waals surface area contributed by atoms with E-state index in [1.165, 1.54) is 39.3 Å². The molecule has 0 aliphatic carbocycles. The highest BCUT2D eigenvalue weighted by molar-refractivity contribution is 7.91. The number of fused-ring (bicyclic) bond motifs is 2. The predicted molar refractivity (Wildman–Crippen MR) is 128 cm³/mol. The summed E-state index contributed by atoms with van der Waals surface area (Å²) in [5, 5.41) is 9.31. The number of rotatable bonds is 4. The van der Waals surface area contributed by atoms with Crippen LogP contribution in [0, 0.1) is 12.3 Å². The molecule has 170 valence electrons. The summed E-state index contributed by atoms with van der Waals surface area (Å²) in [7, 11) is -4.13. The molecule has 5 rings (SSSR count). The van der Waals surface area contributed by atoms with Gasteiger partial charge in [-0.1, -0.05) is 23.7 Å². The van der Waals surface area contributed by atoms with Crippen molar-refractivity contribution in [3.8, 4) is 0 Å². The van der Waals surface area contributed by atoms with Crippen molar-refractivity contribution in [3.05, 3.63) is 105 Å². The lowest BCUT2D eigenvalue weighted by Crippen LogP contribution is -2.30. The first-order valence-corrected chi connectivity index (χ1v) is 12.1. The maximum Gasteiger partial charge on any atom is 0.267 e. The minimum Gasteiger partial charge on any atom is -0.305 e. The summed E-state index contributed by atoms with van der Waals surface area (Å²) in [6.07, 6.45) is 4.89. The van der Waals surface area contributed by atoms with Crippen molar-refractivity contribution < 1.29 is 8.42 Å². The summed E-state index contributed by atoms with van der Waals surface area (Å²) in [4.78, 5) is 21.8. The van der Waals surface area contributed by atoms with Crippen molar-refractivity contribution in [2.45, 2.75) is 23.3 Å². The molecule has 4 aromatic heterocycles. The number of hydrogen-bond acceptors (Lipinski definition) is 6. The summed E-state index contributed by atoms with van der Waals surface area (Å²) in [5.41, 5.74) is 1.50. The minimum absolute atomic E-state index is 0.0256. The number of hydrogen-bond donors (Lipinski definition) is 1. The van der Waals surface area contributed by atoms with E-state index in [9.17, 15) is 13.2 Å². The van der Waals surface area contributed by atoms with Crippen LogP contribution in [-0.2, 0) is 16.4 Å². The highest BCUT2D eigenvalue weighted by Crippen LogP contribution is 2.22. The van der Waals surface area contributed by atoms with Gasteiger partial charge in [0.15, 0.2) is 0 Å². The van der Waals surface area contributed by atoms with Crippen LogP contribution in [0.4, 0.5) is 0 Å². The molecule has 0 fully saturated rings. The second-order valence-corrected chi connectivity index (χ2v) is 10.2. The van der Waals surface area contributed by atoms with Gasteiger partial charge in [0.25, 0.3) is 5.56 Å². The minimum atomic E-state index is -4.13. The van der Waals surface area contributed by atoms with Crippen LogP contribution in [0.2, 0.25) is 5.02 Å². The summed E-state index contributed by atoms with van der Waals surface area (Å²) in [6.45, 7) is 1.96. The van der Waals surface area contributed by atoms with E-state index in [4.69, 9.17) is 17.0 Å². The van der Waals surface area contributed by atoms with Crippen LogP contribution in [0.5, 0.6) is 0 Å². The number of sulfone groups is 1. The Bertz CT molecular complexity index is 1800. The molecule has 0 bridgehead atoms. The van der Waals surface area contributed by atoms with E-state index in [1.54, 1.807) is 30.7 Å². The van der Waals surface area contributed by atoms with Gasteiger partial charge in [0, 0.05) is 23.6 Å². The fraction of sp³-hybridized carbons (Fsp3) is 0.0833. The van der Waals surface area contributed by atoms with E-state index < -0.39 is 15.4 Å². The lowest BCUT2D eigenvalue weighted by Gasteiger charge is -2.15. The van der Waals surface area contributed by atoms with Crippen molar-refractivity contribution in [1.29, 1.82) is 5.41 Å². The molecule has 10 heteroatoms. The van der Waals surface area contributed by atoms with Gasteiger partial charge in [-0.2, -0.15) is 0 Å². The first-order valence-electron chi connectivity index (χ1n) is 10.3. The van der Waals surface area contributed by atoms with Gasteiger partial charge in [0.2, 0.25) is 9.84 Å². The van der Waals surface area contributed by atoms with Crippen molar-refractivity contribution in [1.82, 2.24) is 18.9 Å². The number of benzene rings is 1. The van der Waals surface area contributed by atoms with E-state index in [0.29, 0.717) is 10.7 Å². The van der Waals surface area contributed by atoms with E-state index in [2.05, 4.69) is 9.97 Å². The van der Waals surface area contributed by atoms with Crippen molar-refractivity contribution in [2.75, 3.05) is 0 Å². The zero-order valence-corrected chi connectivity index (χ0v) is 19.5. The molecule has 0 aliphatic heterocycles. The van der Waals surface area contributed by atoms with Gasteiger partial charge < -0.3 is 4.57 Å². The third-order valence-electron chi connectivity index (χ3n) is 5.50. The second kappa shape index (κ2) is 8.19. The standard InChI is InChI=1S/C24H18ClN5O3S/c1-15-4-9-21-28-23-19(24(31)29(21)13-15)11-20(34(32,33)18-7-5-17(25)6-8-18)22(26)30(23)14-16-3-2-10-27-12-16/h2-13,26H,14H2,1H3. The molecule has 0 radical (unpaired) electrons. The van der Waals surface area contributed by atoms with Gasteiger partial charge in [-0.3, -0.25) is 19.6 Å². The van der Waals surface area contributed by atoms with Crippen molar-refractivity contribution >= 4 is 38.1 Å². The Kier molecular flexibility index (Phi) is 5.30. The molecule has 0 saturated heterocycles. The normalized spacial score (nSPS) is 11.8. The van der Waals surface area contributed by atoms with E-state index >= 15 is 0 Å². The predicted octanol–water partition coefficient (Wildman–Crippen LogP) is 3.37. The van der Waals surface area contributed by atoms with Crippen molar-refractivity contribution in [2.24, 2.45) is 0 Å². The van der Waals surface area contributed by atoms with Crippen LogP contribution >= 0.6 is 11.6 Å². The SMILES string of the molecule is Cc1ccc2nc3c(cc(S(=O)(=O)c4ccc(Cl)cc4)c(=N)n3Cc3cccnc3)c(=O)n2c1. The summed E-state index contributed by atoms with van der Waals surface area (Å²) in [6, 6.07) is 14.0. The Balaban J connectivity index is 1.88. The molecule has 4 heterocycles. The quantitative estimate of drug-likeness (QED) is 0.387. The van der Waals surface area contributed by atoms with Crippen molar-refractivity contribution in [3.63, 3.8) is 0 Å². The van der Waals surface area contributed by atoms with Gasteiger partial charge in [-0.25, -0.2) is 13.4 Å². The summed E-state index contributed by atoms with van der Waals surface area (Å²) >= 11 is 5.93. The van der Waals surface area contributed by atoms with E-state index in [-0.39, 0.29) is 32.9 Å². The number of nitrogens with zero attached hydrogens (tertiary/aromatic N) is 4. The average Bonchev–Trinajstić information content (AvgIpc) is 2.82. The zero-order valence-electron chi connectivity index (χ0n) is 17.9. The van der Waals surface area contributed by atoms with Crippen LogP contribution in [0.15, 0.2) is 87.8 Å². The molecule has 0 aliphatic rings. The topological polar surface area (TPSA) is 110 Å². The van der Waals surface area contributed by atoms with Crippen LogP contribution in [0.1, 0.15) is 11.1 Å². The summed E-state index contributed by atoms with van der Waals surface area (Å²) < 4.78 is 29.9. The van der Waals surface area contributed by atoms with Gasteiger partial charge in [0.1, 0.15) is 21.7 Å². The molecule has 34 heavy (non-hydrogen) atoms. The fourth-order valence-electron chi connectivity index (χ4n) is 3.79. The first kappa shape index (κ1) is 22.0. The van der Waals surface area contributed by atoms with Gasteiger partial charge in [-0.05, 0) is 60.5 Å². The largest absolute Gasteiger partial charge is 0.305 e. The highest BCUT2D eigenvalue weighted by atomic mass is 35.5. The monoisotopic (exact) mass is 491 g/mol. The molecule has 0 spiro atoms. The smallest absolute Gasteiger partial charge is 0.267 e. The van der Waals surface area contributed by atoms with Gasteiger partial charge >= 0.3 is 0 Å². The second-order valence-electron chi connectivity index (χ2n) is 7.85. The molecule has 1 N–H and O–H groups in total. The highest BCUT2D eigenvalue weighted by Gasteiger charge is 2.24. The molecule has 0 atom stereocenters. The molecule has 5 aromatic rings. The van der Waals surface area contributed by atoms with Crippen LogP contribution in [-0.4, -0.2) is 27.4 Å². The van der Waals surface area contributed by atoms with E-state index in [1.807, 2.05) is 19.1 Å². The Morgan fingerprint density at radius 2 is 1.85 bits per heavy atom. The molecular formula is C24H18ClN5O3S. The Morgan fingerprint density at radius 1 is 1.09 bits per heavy atom. The first-order chi connectivity index (χ1) is 16.3. The van der Waals surface area contributed by atoms with Gasteiger partial charge in [0.05, 0.1) is 16.8 Å². The van der Waals surface area contributed by atoms with E-state index in [0.717, 1.165) is 11.1 Å². The lowest BCUT2D eigenvalue weighted by molar-refractivity contribution is 0.591. The molecule has 0 amide bonds. The lowest BCUT2D eigenvalue weighted by atomic mass is 10.2. The molecule has 1 aromatic carbocycles. The molecule has 0 unspecified atom stereocenters. The third-order valence-corrected chi connectivity index (χ3v) is 7.53. The zero-order chi connectivity index (χ0) is 24.0. The third kappa shape index (κ3) is 3.68. The number of halogens is 1. The fourth-order valence-corrected chi connectivity index (χ4v) is 5.30. The maximum atomic E-state index is 13.5. The number of aromatic nitrogens is 4.